The van der Waals surface area contributed by atoms with Crippen LogP contribution in [0.3, 0.4) is 0 Å². The lowest BCUT2D eigenvalue weighted by Crippen LogP contribution is -2.26. The first-order valence-electron chi connectivity index (χ1n) is 6.98. The molecule has 3 nitrogen and oxygen atoms in total. The zero-order chi connectivity index (χ0) is 11.9. The highest BCUT2D eigenvalue weighted by Crippen LogP contribution is 2.32. The zero-order valence-corrected chi connectivity index (χ0v) is 10.5. The standard InChI is InChI=1S/C15H18N3/c1-2-7-13(8-3-1)18-11-17-14-9-5-4-6-12(14)10-15(17)16-18/h4-6,9-10,13H,1-3,7-8,11H2/q+1. The van der Waals surface area contributed by atoms with E-state index in [4.69, 9.17) is 5.11 Å². The number of nitrogens with zero attached hydrogens (tertiary/aromatic N) is 3. The topological polar surface area (TPSA) is 20.3 Å². The van der Waals surface area contributed by atoms with Gasteiger partial charge in [0.05, 0.1) is 5.52 Å². The predicted octanol–water partition coefficient (Wildman–Crippen LogP) is 4.04. The van der Waals surface area contributed by atoms with Gasteiger partial charge in [0.2, 0.25) is 12.5 Å². The minimum Gasteiger partial charge on any atom is -0.262 e. The third-order valence-electron chi connectivity index (χ3n) is 4.30. The largest absolute Gasteiger partial charge is 0.262 e. The molecule has 2 heterocycles. The van der Waals surface area contributed by atoms with E-state index in [1.165, 1.54) is 43.0 Å². The Bertz CT molecular complexity index is 618. The summed E-state index contributed by atoms with van der Waals surface area (Å²) in [6.07, 6.45) is 6.76. The molecular formula is C15H18N3+. The van der Waals surface area contributed by atoms with Gasteiger partial charge in [0.25, 0.3) is 0 Å². The molecule has 0 amide bonds. The second-order valence-electron chi connectivity index (χ2n) is 5.46. The average molecular weight is 240 g/mol. The monoisotopic (exact) mass is 240 g/mol. The second-order valence-corrected chi connectivity index (χ2v) is 5.46. The number of hydrogen-bond donors (Lipinski definition) is 0. The van der Waals surface area contributed by atoms with Gasteiger partial charge in [0.1, 0.15) is 0 Å². The summed E-state index contributed by atoms with van der Waals surface area (Å²) in [4.78, 5) is 0. The van der Waals surface area contributed by atoms with Gasteiger partial charge in [0, 0.05) is 23.3 Å². The Balaban J connectivity index is 1.70. The zero-order valence-electron chi connectivity index (χ0n) is 10.5. The minimum absolute atomic E-state index is 0.664. The summed E-state index contributed by atoms with van der Waals surface area (Å²) in [7, 11) is 0. The molecule has 0 saturated heterocycles. The average Bonchev–Trinajstić information content (AvgIpc) is 2.97. The maximum Gasteiger partial charge on any atom is 0.250 e. The van der Waals surface area contributed by atoms with E-state index in [1.54, 1.807) is 0 Å². The smallest absolute Gasteiger partial charge is 0.250 e. The van der Waals surface area contributed by atoms with Crippen LogP contribution in [0.4, 0.5) is 5.82 Å². The highest BCUT2D eigenvalue weighted by Gasteiger charge is 2.31. The van der Waals surface area contributed by atoms with Crippen LogP contribution in [0, 0.1) is 0 Å². The molecule has 18 heavy (non-hydrogen) atoms. The first-order chi connectivity index (χ1) is 8.92. The van der Waals surface area contributed by atoms with Crippen LogP contribution >= 0.6 is 0 Å². The van der Waals surface area contributed by atoms with Gasteiger partial charge >= 0.3 is 0 Å². The van der Waals surface area contributed by atoms with Crippen LogP contribution in [0.15, 0.2) is 35.4 Å². The Morgan fingerprint density at radius 2 is 1.94 bits per heavy atom. The molecule has 0 radical (unpaired) electrons. The molecule has 1 aliphatic heterocycles. The minimum atomic E-state index is 0.664. The van der Waals surface area contributed by atoms with Crippen molar-refractivity contribution in [2.75, 3.05) is 0 Å². The number of rotatable bonds is 1. The fraction of sp³-hybridized carbons (Fsp3) is 0.467. The number of fused-ring (bicyclic) bond motifs is 3. The first-order valence-corrected chi connectivity index (χ1v) is 6.98. The molecule has 0 spiro atoms. The highest BCUT2D eigenvalue weighted by atomic mass is 15.4. The summed E-state index contributed by atoms with van der Waals surface area (Å²) in [5.41, 5.74) is 1.31. The fourth-order valence-corrected chi connectivity index (χ4v) is 3.31. The molecule has 0 atom stereocenters. The first kappa shape index (κ1) is 10.3. The molecule has 1 aromatic carbocycles. The van der Waals surface area contributed by atoms with Gasteiger partial charge in [-0.05, 0) is 25.0 Å². The molecule has 0 N–H and O–H groups in total. The molecule has 2 aliphatic rings. The van der Waals surface area contributed by atoms with Crippen LogP contribution in [-0.2, 0) is 6.67 Å². The van der Waals surface area contributed by atoms with E-state index in [-0.39, 0.29) is 0 Å². The molecule has 4 rings (SSSR count). The van der Waals surface area contributed by atoms with Crippen LogP contribution in [0.25, 0.3) is 10.9 Å². The van der Waals surface area contributed by atoms with Crippen LogP contribution in [0.5, 0.6) is 0 Å². The predicted molar refractivity (Wildman–Crippen MR) is 71.2 cm³/mol. The Morgan fingerprint density at radius 1 is 1.11 bits per heavy atom. The van der Waals surface area contributed by atoms with E-state index < -0.39 is 0 Å². The Morgan fingerprint density at radius 3 is 2.83 bits per heavy atom. The summed E-state index contributed by atoms with van der Waals surface area (Å²) in [5.74, 6) is 1.13. The van der Waals surface area contributed by atoms with Gasteiger partial charge in [-0.3, -0.25) is 4.57 Å². The maximum atomic E-state index is 4.81. The lowest BCUT2D eigenvalue weighted by molar-refractivity contribution is -0.645. The van der Waals surface area contributed by atoms with E-state index in [0.29, 0.717) is 6.04 Å². The summed E-state index contributed by atoms with van der Waals surface area (Å²) >= 11 is 0. The maximum absolute atomic E-state index is 4.81. The molecule has 2 aromatic rings. The van der Waals surface area contributed by atoms with Crippen molar-refractivity contribution in [3.05, 3.63) is 30.3 Å². The number of hydrogen-bond acceptors (Lipinski definition) is 1. The van der Waals surface area contributed by atoms with Crippen molar-refractivity contribution in [1.29, 1.82) is 0 Å². The van der Waals surface area contributed by atoms with E-state index in [9.17, 15) is 0 Å². The van der Waals surface area contributed by atoms with Crippen molar-refractivity contribution in [2.45, 2.75) is 44.8 Å². The van der Waals surface area contributed by atoms with Crippen molar-refractivity contribution < 1.29 is 4.70 Å². The van der Waals surface area contributed by atoms with Crippen LogP contribution in [-0.4, -0.2) is 15.3 Å². The van der Waals surface area contributed by atoms with Gasteiger partial charge in [-0.1, -0.05) is 29.3 Å². The Labute approximate surface area is 107 Å². The van der Waals surface area contributed by atoms with Crippen molar-refractivity contribution in [3.63, 3.8) is 0 Å². The SMILES string of the molecule is c1ccc2c(c1)cc1n2C[N+](C2CCCCC2)=N1. The molecule has 0 unspecified atom stereocenters. The summed E-state index contributed by atoms with van der Waals surface area (Å²) < 4.78 is 4.64. The molecule has 1 aromatic heterocycles. The van der Waals surface area contributed by atoms with Crippen molar-refractivity contribution in [3.8, 4) is 0 Å². The summed E-state index contributed by atoms with van der Waals surface area (Å²) in [5, 5.41) is 6.11. The highest BCUT2D eigenvalue weighted by molar-refractivity contribution is 5.84. The van der Waals surface area contributed by atoms with E-state index >= 15 is 0 Å². The van der Waals surface area contributed by atoms with Gasteiger partial charge in [-0.2, -0.15) is 0 Å². The number of azo groups is 2. The second kappa shape index (κ2) is 3.94. The lowest BCUT2D eigenvalue weighted by Gasteiger charge is -2.16. The Kier molecular flexibility index (Phi) is 2.25. The van der Waals surface area contributed by atoms with E-state index in [0.717, 1.165) is 12.5 Å². The Hall–Kier alpha value is -1.64. The van der Waals surface area contributed by atoms with Gasteiger partial charge < -0.3 is 0 Å². The van der Waals surface area contributed by atoms with Crippen molar-refractivity contribution in [2.24, 2.45) is 5.11 Å². The van der Waals surface area contributed by atoms with Crippen molar-refractivity contribution >= 4 is 16.7 Å². The summed E-state index contributed by atoms with van der Waals surface area (Å²) in [6, 6.07) is 11.4. The number of para-hydroxylation sites is 1. The van der Waals surface area contributed by atoms with Gasteiger partial charge in [0.15, 0.2) is 6.04 Å². The quantitative estimate of drug-likeness (QED) is 0.670. The van der Waals surface area contributed by atoms with Crippen LogP contribution in [0.2, 0.25) is 0 Å². The molecule has 0 bridgehead atoms. The molecule has 3 heteroatoms. The third kappa shape index (κ3) is 1.50. The van der Waals surface area contributed by atoms with Crippen LogP contribution < -0.4 is 0 Å². The molecular weight excluding hydrogens is 222 g/mol. The van der Waals surface area contributed by atoms with Gasteiger partial charge in [-0.25, -0.2) is 0 Å². The normalized spacial score (nSPS) is 20.1. The lowest BCUT2D eigenvalue weighted by atomic mass is 9.95. The molecule has 1 saturated carbocycles. The molecule has 92 valence electrons. The number of aromatic nitrogens is 1. The van der Waals surface area contributed by atoms with E-state index in [1.807, 2.05) is 0 Å². The van der Waals surface area contributed by atoms with Gasteiger partial charge in [-0.15, -0.1) is 0 Å². The number of benzene rings is 1. The van der Waals surface area contributed by atoms with Crippen LogP contribution in [0.1, 0.15) is 32.1 Å². The fourth-order valence-electron chi connectivity index (χ4n) is 3.31. The summed E-state index contributed by atoms with van der Waals surface area (Å²) in [6.45, 7) is 0.938. The molecule has 1 aliphatic carbocycles. The molecule has 1 fully saturated rings. The third-order valence-corrected chi connectivity index (χ3v) is 4.30. The van der Waals surface area contributed by atoms with Crippen molar-refractivity contribution in [1.82, 2.24) is 4.57 Å². The van der Waals surface area contributed by atoms with E-state index in [2.05, 4.69) is 39.6 Å².